The molecule has 0 saturated heterocycles. The standard InChI is InChI=1S/C16H12ClN3O2/c1-10-4-2-7-13(8-10)20-15(18-14(19-20)16(21)22)11-5-3-6-12(17)9-11/h2-9H,1H3,(H,21,22). The number of carbonyl (C=O) groups is 1. The Morgan fingerprint density at radius 3 is 2.64 bits per heavy atom. The van der Waals surface area contributed by atoms with E-state index in [1.54, 1.807) is 18.2 Å². The highest BCUT2D eigenvalue weighted by Crippen LogP contribution is 2.24. The minimum atomic E-state index is -1.17. The molecule has 1 N–H and O–H groups in total. The minimum absolute atomic E-state index is 0.253. The molecule has 2 aromatic carbocycles. The number of nitrogens with zero attached hydrogens (tertiary/aromatic N) is 3. The van der Waals surface area contributed by atoms with Crippen molar-refractivity contribution in [2.24, 2.45) is 0 Å². The van der Waals surface area contributed by atoms with Gasteiger partial charge >= 0.3 is 5.97 Å². The van der Waals surface area contributed by atoms with Gasteiger partial charge in [-0.25, -0.2) is 14.5 Å². The number of aromatic nitrogens is 3. The SMILES string of the molecule is Cc1cccc(-n2nc(C(=O)O)nc2-c2cccc(Cl)c2)c1. The summed E-state index contributed by atoms with van der Waals surface area (Å²) in [5.41, 5.74) is 2.49. The van der Waals surface area contributed by atoms with E-state index < -0.39 is 5.97 Å². The van der Waals surface area contributed by atoms with Gasteiger partial charge in [-0.3, -0.25) is 0 Å². The van der Waals surface area contributed by atoms with Gasteiger partial charge in [0.2, 0.25) is 0 Å². The number of carboxylic acids is 1. The molecular formula is C16H12ClN3O2. The van der Waals surface area contributed by atoms with Crippen molar-refractivity contribution in [1.82, 2.24) is 14.8 Å². The van der Waals surface area contributed by atoms with Crippen molar-refractivity contribution >= 4 is 17.6 Å². The molecule has 0 bridgehead atoms. The molecule has 0 saturated carbocycles. The van der Waals surface area contributed by atoms with Gasteiger partial charge in [-0.1, -0.05) is 35.9 Å². The first-order chi connectivity index (χ1) is 10.5. The van der Waals surface area contributed by atoms with E-state index in [1.807, 2.05) is 37.3 Å². The molecule has 22 heavy (non-hydrogen) atoms. The summed E-state index contributed by atoms with van der Waals surface area (Å²) in [5, 5.41) is 13.8. The second-order valence-corrected chi connectivity index (χ2v) is 5.26. The Labute approximate surface area is 131 Å². The normalized spacial score (nSPS) is 10.6. The number of carboxylic acid groups (broad SMARTS) is 1. The molecule has 1 heterocycles. The Kier molecular flexibility index (Phi) is 3.65. The van der Waals surface area contributed by atoms with Gasteiger partial charge in [0.25, 0.3) is 5.82 Å². The van der Waals surface area contributed by atoms with E-state index in [1.165, 1.54) is 4.68 Å². The molecule has 3 rings (SSSR count). The summed E-state index contributed by atoms with van der Waals surface area (Å²) in [5.74, 6) is -0.989. The summed E-state index contributed by atoms with van der Waals surface area (Å²) < 4.78 is 1.52. The third kappa shape index (κ3) is 2.71. The average Bonchev–Trinajstić information content (AvgIpc) is 2.92. The molecular weight excluding hydrogens is 302 g/mol. The molecule has 0 fully saturated rings. The first kappa shape index (κ1) is 14.3. The molecule has 1 aromatic heterocycles. The van der Waals surface area contributed by atoms with Crippen LogP contribution in [-0.4, -0.2) is 25.8 Å². The summed E-state index contributed by atoms with van der Waals surface area (Å²) >= 11 is 6.01. The second-order valence-electron chi connectivity index (χ2n) is 4.83. The van der Waals surface area contributed by atoms with E-state index in [0.717, 1.165) is 11.3 Å². The van der Waals surface area contributed by atoms with Crippen LogP contribution in [0, 0.1) is 6.92 Å². The molecule has 0 unspecified atom stereocenters. The number of rotatable bonds is 3. The lowest BCUT2D eigenvalue weighted by molar-refractivity contribution is 0.0683. The van der Waals surface area contributed by atoms with Crippen LogP contribution in [0.3, 0.4) is 0 Å². The van der Waals surface area contributed by atoms with Crippen molar-refractivity contribution < 1.29 is 9.90 Å². The van der Waals surface area contributed by atoms with Crippen molar-refractivity contribution in [3.63, 3.8) is 0 Å². The van der Waals surface area contributed by atoms with Gasteiger partial charge in [-0.15, -0.1) is 5.10 Å². The highest BCUT2D eigenvalue weighted by molar-refractivity contribution is 6.30. The van der Waals surface area contributed by atoms with Crippen LogP contribution >= 0.6 is 11.6 Å². The molecule has 0 aliphatic rings. The third-order valence-corrected chi connectivity index (χ3v) is 3.36. The zero-order chi connectivity index (χ0) is 15.7. The van der Waals surface area contributed by atoms with Gasteiger partial charge in [0.1, 0.15) is 0 Å². The fourth-order valence-corrected chi connectivity index (χ4v) is 2.35. The van der Waals surface area contributed by atoms with Crippen LogP contribution in [-0.2, 0) is 0 Å². The van der Waals surface area contributed by atoms with Crippen molar-refractivity contribution in [2.45, 2.75) is 6.92 Å². The Morgan fingerprint density at radius 2 is 1.95 bits per heavy atom. The largest absolute Gasteiger partial charge is 0.475 e. The highest BCUT2D eigenvalue weighted by atomic mass is 35.5. The van der Waals surface area contributed by atoms with Crippen molar-refractivity contribution in [2.75, 3.05) is 0 Å². The van der Waals surface area contributed by atoms with Crippen LogP contribution in [0.15, 0.2) is 48.5 Å². The molecule has 0 amide bonds. The molecule has 3 aromatic rings. The quantitative estimate of drug-likeness (QED) is 0.802. The Morgan fingerprint density at radius 1 is 1.18 bits per heavy atom. The lowest BCUT2D eigenvalue weighted by atomic mass is 10.2. The monoisotopic (exact) mass is 313 g/mol. The van der Waals surface area contributed by atoms with Crippen LogP contribution in [0.2, 0.25) is 5.02 Å². The highest BCUT2D eigenvalue weighted by Gasteiger charge is 2.18. The van der Waals surface area contributed by atoms with E-state index in [0.29, 0.717) is 16.4 Å². The van der Waals surface area contributed by atoms with Crippen molar-refractivity contribution in [1.29, 1.82) is 0 Å². The number of hydrogen-bond donors (Lipinski definition) is 1. The van der Waals surface area contributed by atoms with Gasteiger partial charge in [0.15, 0.2) is 5.82 Å². The molecule has 0 spiro atoms. The molecule has 5 nitrogen and oxygen atoms in total. The fraction of sp³-hybridized carbons (Fsp3) is 0.0625. The zero-order valence-corrected chi connectivity index (χ0v) is 12.4. The average molecular weight is 314 g/mol. The number of aryl methyl sites for hydroxylation is 1. The van der Waals surface area contributed by atoms with Crippen LogP contribution in [0.5, 0.6) is 0 Å². The summed E-state index contributed by atoms with van der Waals surface area (Å²) in [6, 6.07) is 14.7. The van der Waals surface area contributed by atoms with Crippen LogP contribution < -0.4 is 0 Å². The Balaban J connectivity index is 2.22. The molecule has 6 heteroatoms. The second kappa shape index (κ2) is 5.61. The van der Waals surface area contributed by atoms with E-state index in [4.69, 9.17) is 16.7 Å². The summed E-state index contributed by atoms with van der Waals surface area (Å²) in [6.45, 7) is 1.96. The third-order valence-electron chi connectivity index (χ3n) is 3.13. The zero-order valence-electron chi connectivity index (χ0n) is 11.7. The molecule has 0 aliphatic carbocycles. The van der Waals surface area contributed by atoms with Crippen molar-refractivity contribution in [3.05, 3.63) is 64.9 Å². The minimum Gasteiger partial charge on any atom is -0.475 e. The summed E-state index contributed by atoms with van der Waals surface area (Å²) in [7, 11) is 0. The number of hydrogen-bond acceptors (Lipinski definition) is 3. The maximum absolute atomic E-state index is 11.2. The number of aromatic carboxylic acids is 1. The molecule has 0 aliphatic heterocycles. The van der Waals surface area contributed by atoms with Crippen LogP contribution in [0.1, 0.15) is 16.2 Å². The first-order valence-electron chi connectivity index (χ1n) is 6.58. The molecule has 0 radical (unpaired) electrons. The van der Waals surface area contributed by atoms with Crippen LogP contribution in [0.25, 0.3) is 17.1 Å². The maximum Gasteiger partial charge on any atom is 0.375 e. The predicted molar refractivity (Wildman–Crippen MR) is 83.5 cm³/mol. The maximum atomic E-state index is 11.2. The number of benzene rings is 2. The van der Waals surface area contributed by atoms with E-state index in [2.05, 4.69) is 10.1 Å². The van der Waals surface area contributed by atoms with E-state index in [-0.39, 0.29) is 5.82 Å². The smallest absolute Gasteiger partial charge is 0.375 e. The van der Waals surface area contributed by atoms with E-state index >= 15 is 0 Å². The molecule has 0 atom stereocenters. The Bertz CT molecular complexity index is 795. The predicted octanol–water partition coefficient (Wildman–Crippen LogP) is 3.59. The number of halogens is 1. The van der Waals surface area contributed by atoms with Gasteiger partial charge < -0.3 is 5.11 Å². The summed E-state index contributed by atoms with van der Waals surface area (Å²) in [6.07, 6.45) is 0. The van der Waals surface area contributed by atoms with E-state index in [9.17, 15) is 4.79 Å². The van der Waals surface area contributed by atoms with Crippen molar-refractivity contribution in [3.8, 4) is 17.1 Å². The van der Waals surface area contributed by atoms with Gasteiger partial charge in [-0.05, 0) is 36.8 Å². The summed E-state index contributed by atoms with van der Waals surface area (Å²) in [4.78, 5) is 15.3. The lowest BCUT2D eigenvalue weighted by Gasteiger charge is -2.07. The van der Waals surface area contributed by atoms with Gasteiger partial charge in [-0.2, -0.15) is 0 Å². The molecule has 110 valence electrons. The van der Waals surface area contributed by atoms with Crippen LogP contribution in [0.4, 0.5) is 0 Å². The van der Waals surface area contributed by atoms with Gasteiger partial charge in [0.05, 0.1) is 5.69 Å². The van der Waals surface area contributed by atoms with Gasteiger partial charge in [0, 0.05) is 10.6 Å². The first-order valence-corrected chi connectivity index (χ1v) is 6.96. The topological polar surface area (TPSA) is 68.0 Å². The fourth-order valence-electron chi connectivity index (χ4n) is 2.16. The lowest BCUT2D eigenvalue weighted by Crippen LogP contribution is -2.02. The Hall–Kier alpha value is -2.66.